The molecule has 0 heterocycles. The van der Waals surface area contributed by atoms with Crippen LogP contribution in [0.4, 0.5) is 0 Å². The van der Waals surface area contributed by atoms with Crippen molar-refractivity contribution in [2.45, 2.75) is 37.6 Å². The van der Waals surface area contributed by atoms with Crippen LogP contribution in [0.25, 0.3) is 0 Å². The van der Waals surface area contributed by atoms with Crippen LogP contribution in [0.3, 0.4) is 0 Å². The molecule has 1 nitrogen and oxygen atoms in total. The fourth-order valence-corrected chi connectivity index (χ4v) is 2.80. The maximum atomic E-state index is 6.20. The first-order chi connectivity index (χ1) is 7.20. The van der Waals surface area contributed by atoms with Crippen LogP contribution >= 0.6 is 23.2 Å². The van der Waals surface area contributed by atoms with Gasteiger partial charge >= 0.3 is 0 Å². The van der Waals surface area contributed by atoms with E-state index in [0.717, 1.165) is 18.4 Å². The minimum atomic E-state index is 0.231. The monoisotopic (exact) mass is 243 g/mol. The number of hydrogen-bond donors (Lipinski definition) is 1. The minimum Gasteiger partial charge on any atom is -0.327 e. The van der Waals surface area contributed by atoms with Crippen LogP contribution in [0.1, 0.15) is 37.2 Å². The van der Waals surface area contributed by atoms with E-state index in [1.54, 1.807) is 0 Å². The third-order valence-corrected chi connectivity index (χ3v) is 4.03. The second-order valence-electron chi connectivity index (χ2n) is 4.20. The van der Waals surface area contributed by atoms with E-state index in [-0.39, 0.29) is 6.04 Å². The first kappa shape index (κ1) is 11.3. The predicted octanol–water partition coefficient (Wildman–Crippen LogP) is 3.98. The summed E-state index contributed by atoms with van der Waals surface area (Å²) in [5, 5.41) is 1.31. The molecular weight excluding hydrogens is 229 g/mol. The van der Waals surface area contributed by atoms with Gasteiger partial charge in [0.2, 0.25) is 0 Å². The number of nitrogens with two attached hydrogens (primary N) is 1. The van der Waals surface area contributed by atoms with Crippen molar-refractivity contribution in [2.24, 2.45) is 5.73 Å². The highest BCUT2D eigenvalue weighted by molar-refractivity contribution is 6.42. The van der Waals surface area contributed by atoms with E-state index < -0.39 is 0 Å². The zero-order valence-corrected chi connectivity index (χ0v) is 10.1. The zero-order chi connectivity index (χ0) is 10.8. The fraction of sp³-hybridized carbons (Fsp3) is 0.500. The number of rotatable bonds is 1. The van der Waals surface area contributed by atoms with Gasteiger partial charge in [-0.25, -0.2) is 0 Å². The molecule has 1 aromatic carbocycles. The number of benzene rings is 1. The largest absolute Gasteiger partial charge is 0.327 e. The van der Waals surface area contributed by atoms with Gasteiger partial charge in [0.25, 0.3) is 0 Å². The maximum Gasteiger partial charge on any atom is 0.0627 e. The first-order valence-electron chi connectivity index (χ1n) is 5.39. The van der Waals surface area contributed by atoms with Crippen LogP contribution < -0.4 is 5.73 Å². The van der Waals surface area contributed by atoms with E-state index in [9.17, 15) is 0 Å². The molecular formula is C12H15Cl2N. The molecule has 1 aliphatic carbocycles. The van der Waals surface area contributed by atoms with Gasteiger partial charge in [-0.05, 0) is 24.5 Å². The molecule has 15 heavy (non-hydrogen) atoms. The molecule has 1 aliphatic rings. The summed E-state index contributed by atoms with van der Waals surface area (Å²) < 4.78 is 0. The molecule has 0 bridgehead atoms. The van der Waals surface area contributed by atoms with Gasteiger partial charge in [0.05, 0.1) is 10.0 Å². The highest BCUT2D eigenvalue weighted by Gasteiger charge is 2.25. The third-order valence-electron chi connectivity index (χ3n) is 3.20. The summed E-state index contributed by atoms with van der Waals surface area (Å²) >= 11 is 12.2. The lowest BCUT2D eigenvalue weighted by atomic mass is 9.80. The summed E-state index contributed by atoms with van der Waals surface area (Å²) in [7, 11) is 0. The minimum absolute atomic E-state index is 0.231. The second-order valence-corrected chi connectivity index (χ2v) is 4.98. The lowest BCUT2D eigenvalue weighted by Gasteiger charge is -2.29. The molecule has 2 N–H and O–H groups in total. The Labute approximate surface area is 101 Å². The van der Waals surface area contributed by atoms with Crippen molar-refractivity contribution in [1.82, 2.24) is 0 Å². The van der Waals surface area contributed by atoms with Gasteiger partial charge < -0.3 is 5.73 Å². The molecule has 82 valence electrons. The molecule has 2 rings (SSSR count). The molecule has 1 fully saturated rings. The van der Waals surface area contributed by atoms with Gasteiger partial charge in [-0.3, -0.25) is 0 Å². The molecule has 0 spiro atoms. The van der Waals surface area contributed by atoms with Gasteiger partial charge in [-0.15, -0.1) is 0 Å². The summed E-state index contributed by atoms with van der Waals surface area (Å²) in [6.07, 6.45) is 4.69. The summed E-state index contributed by atoms with van der Waals surface area (Å²) in [4.78, 5) is 0. The SMILES string of the molecule is NC1CCCCC1c1cccc(Cl)c1Cl. The van der Waals surface area contributed by atoms with Crippen molar-refractivity contribution in [2.75, 3.05) is 0 Å². The standard InChI is InChI=1S/C12H15Cl2N/c13-10-6-3-5-9(12(10)14)8-4-1-2-7-11(8)15/h3,5-6,8,11H,1-2,4,7,15H2. The van der Waals surface area contributed by atoms with Gasteiger partial charge in [0.1, 0.15) is 0 Å². The quantitative estimate of drug-likeness (QED) is 0.794. The Balaban J connectivity index is 2.31. The first-order valence-corrected chi connectivity index (χ1v) is 6.15. The Kier molecular flexibility index (Phi) is 3.55. The fourth-order valence-electron chi connectivity index (χ4n) is 2.35. The van der Waals surface area contributed by atoms with Crippen LogP contribution in [0.5, 0.6) is 0 Å². The van der Waals surface area contributed by atoms with E-state index in [1.165, 1.54) is 12.8 Å². The molecule has 0 saturated heterocycles. The van der Waals surface area contributed by atoms with Gasteiger partial charge in [0.15, 0.2) is 0 Å². The Bertz CT molecular complexity index is 351. The summed E-state index contributed by atoms with van der Waals surface area (Å²) in [6, 6.07) is 6.05. The molecule has 0 aromatic heterocycles. The van der Waals surface area contributed by atoms with Crippen molar-refractivity contribution in [1.29, 1.82) is 0 Å². The second kappa shape index (κ2) is 4.73. The normalized spacial score (nSPS) is 26.6. The van der Waals surface area contributed by atoms with Crippen LogP contribution in [0.2, 0.25) is 10.0 Å². The Morgan fingerprint density at radius 3 is 2.60 bits per heavy atom. The van der Waals surface area contributed by atoms with Crippen LogP contribution in [-0.4, -0.2) is 6.04 Å². The average molecular weight is 244 g/mol. The number of hydrogen-bond acceptors (Lipinski definition) is 1. The Hall–Kier alpha value is -0.240. The lowest BCUT2D eigenvalue weighted by Crippen LogP contribution is -2.31. The molecule has 2 unspecified atom stereocenters. The van der Waals surface area contributed by atoms with Crippen molar-refractivity contribution >= 4 is 23.2 Å². The maximum absolute atomic E-state index is 6.20. The summed E-state index contributed by atoms with van der Waals surface area (Å²) in [5.74, 6) is 0.380. The van der Waals surface area contributed by atoms with E-state index in [2.05, 4.69) is 0 Å². The van der Waals surface area contributed by atoms with E-state index >= 15 is 0 Å². The molecule has 3 heteroatoms. The molecule has 1 saturated carbocycles. The molecule has 1 aromatic rings. The van der Waals surface area contributed by atoms with Crippen LogP contribution in [-0.2, 0) is 0 Å². The molecule has 0 radical (unpaired) electrons. The van der Waals surface area contributed by atoms with Gasteiger partial charge in [0, 0.05) is 12.0 Å². The van der Waals surface area contributed by atoms with Gasteiger partial charge in [-0.2, -0.15) is 0 Å². The molecule has 0 amide bonds. The van der Waals surface area contributed by atoms with Crippen LogP contribution in [0.15, 0.2) is 18.2 Å². The van der Waals surface area contributed by atoms with E-state index in [0.29, 0.717) is 16.0 Å². The highest BCUT2D eigenvalue weighted by atomic mass is 35.5. The molecule has 0 aliphatic heterocycles. The third kappa shape index (κ3) is 2.30. The lowest BCUT2D eigenvalue weighted by molar-refractivity contribution is 0.385. The summed E-state index contributed by atoms with van der Waals surface area (Å²) in [5.41, 5.74) is 7.25. The van der Waals surface area contributed by atoms with Crippen molar-refractivity contribution in [3.63, 3.8) is 0 Å². The average Bonchev–Trinajstić information content (AvgIpc) is 2.23. The van der Waals surface area contributed by atoms with E-state index in [1.807, 2.05) is 18.2 Å². The van der Waals surface area contributed by atoms with Crippen molar-refractivity contribution in [3.8, 4) is 0 Å². The van der Waals surface area contributed by atoms with Crippen molar-refractivity contribution in [3.05, 3.63) is 33.8 Å². The Morgan fingerprint density at radius 2 is 1.87 bits per heavy atom. The van der Waals surface area contributed by atoms with Crippen molar-refractivity contribution < 1.29 is 0 Å². The van der Waals surface area contributed by atoms with Gasteiger partial charge in [-0.1, -0.05) is 48.2 Å². The smallest absolute Gasteiger partial charge is 0.0627 e. The molecule has 2 atom stereocenters. The van der Waals surface area contributed by atoms with Crippen LogP contribution in [0, 0.1) is 0 Å². The topological polar surface area (TPSA) is 26.0 Å². The van der Waals surface area contributed by atoms with E-state index in [4.69, 9.17) is 28.9 Å². The predicted molar refractivity (Wildman–Crippen MR) is 65.6 cm³/mol. The Morgan fingerprint density at radius 1 is 1.13 bits per heavy atom. The number of halogens is 2. The highest BCUT2D eigenvalue weighted by Crippen LogP contribution is 2.38. The summed E-state index contributed by atoms with van der Waals surface area (Å²) in [6.45, 7) is 0. The zero-order valence-electron chi connectivity index (χ0n) is 8.55.